The summed E-state index contributed by atoms with van der Waals surface area (Å²) in [5.74, 6) is 0.387. The number of phenols is 2. The normalized spacial score (nSPS) is 19.8. The quantitative estimate of drug-likeness (QED) is 0.425. The fraction of sp³-hybridized carbons (Fsp3) is 0.310. The zero-order valence-electron chi connectivity index (χ0n) is 20.1. The second-order valence-corrected chi connectivity index (χ2v) is 9.41. The first-order chi connectivity index (χ1) is 17.4. The molecule has 3 aromatic rings. The van der Waals surface area contributed by atoms with Crippen LogP contribution in [0, 0.1) is 11.7 Å². The molecule has 0 amide bonds. The fourth-order valence-electron chi connectivity index (χ4n) is 5.00. The molecule has 5 nitrogen and oxygen atoms in total. The van der Waals surface area contributed by atoms with Gasteiger partial charge in [0.25, 0.3) is 0 Å². The number of nitrogens with zero attached hydrogens (tertiary/aromatic N) is 1. The Morgan fingerprint density at radius 3 is 2.58 bits per heavy atom. The van der Waals surface area contributed by atoms with Gasteiger partial charge in [-0.1, -0.05) is 18.2 Å². The van der Waals surface area contributed by atoms with Crippen molar-refractivity contribution in [3.8, 4) is 23.0 Å². The topological polar surface area (TPSA) is 62.2 Å². The predicted octanol–water partition coefficient (Wildman–Crippen LogP) is 5.97. The van der Waals surface area contributed by atoms with Gasteiger partial charge in [-0.25, -0.2) is 4.39 Å². The zero-order chi connectivity index (χ0) is 25.2. The molecule has 2 heterocycles. The molecule has 2 aliphatic rings. The molecule has 1 fully saturated rings. The van der Waals surface area contributed by atoms with Gasteiger partial charge in [-0.3, -0.25) is 9.29 Å². The molecule has 0 aromatic heterocycles. The smallest absolute Gasteiger partial charge is 0.164 e. The average Bonchev–Trinajstić information content (AvgIpc) is 3.34. The SMILES string of the molecule is CC1=C(c2ccc(F)c(O)c2)C(c2ccc(OCCN3CC[C@@H](CF)C3)cc2)Oc2cc(O)ccc21. The van der Waals surface area contributed by atoms with E-state index in [0.717, 1.165) is 54.1 Å². The molecule has 0 spiro atoms. The number of ether oxygens (including phenoxy) is 2. The summed E-state index contributed by atoms with van der Waals surface area (Å²) in [5, 5.41) is 20.0. The van der Waals surface area contributed by atoms with Gasteiger partial charge in [0.2, 0.25) is 0 Å². The van der Waals surface area contributed by atoms with Gasteiger partial charge < -0.3 is 19.7 Å². The minimum absolute atomic E-state index is 0.0998. The summed E-state index contributed by atoms with van der Waals surface area (Å²) in [5.41, 5.74) is 4.02. The summed E-state index contributed by atoms with van der Waals surface area (Å²) in [6, 6.07) is 16.8. The monoisotopic (exact) mass is 493 g/mol. The number of aromatic hydroxyl groups is 2. The van der Waals surface area contributed by atoms with Crippen molar-refractivity contribution < 1.29 is 28.5 Å². The molecule has 188 valence electrons. The molecule has 3 aromatic carbocycles. The molecule has 0 aliphatic carbocycles. The van der Waals surface area contributed by atoms with Gasteiger partial charge in [0.1, 0.15) is 30.0 Å². The van der Waals surface area contributed by atoms with E-state index in [0.29, 0.717) is 17.9 Å². The van der Waals surface area contributed by atoms with E-state index in [4.69, 9.17) is 9.47 Å². The van der Waals surface area contributed by atoms with Crippen LogP contribution >= 0.6 is 0 Å². The van der Waals surface area contributed by atoms with Gasteiger partial charge >= 0.3 is 0 Å². The van der Waals surface area contributed by atoms with Gasteiger partial charge in [0.15, 0.2) is 11.6 Å². The molecule has 2 N–H and O–H groups in total. The lowest BCUT2D eigenvalue weighted by Crippen LogP contribution is -2.26. The molecule has 7 heteroatoms. The predicted molar refractivity (Wildman–Crippen MR) is 134 cm³/mol. The largest absolute Gasteiger partial charge is 0.508 e. The third-order valence-electron chi connectivity index (χ3n) is 6.98. The lowest BCUT2D eigenvalue weighted by Gasteiger charge is -2.31. The fourth-order valence-corrected chi connectivity index (χ4v) is 5.00. The summed E-state index contributed by atoms with van der Waals surface area (Å²) in [7, 11) is 0. The molecule has 2 aliphatic heterocycles. The second kappa shape index (κ2) is 10.2. The van der Waals surface area contributed by atoms with Crippen LogP contribution in [-0.2, 0) is 0 Å². The third-order valence-corrected chi connectivity index (χ3v) is 6.98. The van der Waals surface area contributed by atoms with E-state index in [1.54, 1.807) is 24.3 Å². The molecular weight excluding hydrogens is 464 g/mol. The van der Waals surface area contributed by atoms with Crippen LogP contribution in [-0.4, -0.2) is 48.0 Å². The Morgan fingerprint density at radius 2 is 1.86 bits per heavy atom. The molecule has 0 bridgehead atoms. The first-order valence-electron chi connectivity index (χ1n) is 12.1. The highest BCUT2D eigenvalue weighted by atomic mass is 19.1. The van der Waals surface area contributed by atoms with E-state index >= 15 is 0 Å². The number of fused-ring (bicyclic) bond motifs is 1. The number of likely N-dealkylation sites (tertiary alicyclic amines) is 1. The number of hydrogen-bond donors (Lipinski definition) is 2. The highest BCUT2D eigenvalue weighted by Gasteiger charge is 2.30. The molecule has 0 saturated carbocycles. The number of phenolic OH excluding ortho intramolecular Hbond substituents is 2. The molecule has 2 atom stereocenters. The highest BCUT2D eigenvalue weighted by molar-refractivity contribution is 5.95. The van der Waals surface area contributed by atoms with Crippen LogP contribution in [0.15, 0.2) is 60.7 Å². The number of halogens is 2. The van der Waals surface area contributed by atoms with Gasteiger partial charge in [-0.05, 0) is 73.0 Å². The van der Waals surface area contributed by atoms with Crippen LogP contribution in [0.1, 0.15) is 36.1 Å². The minimum atomic E-state index is -0.689. The Morgan fingerprint density at radius 1 is 1.06 bits per heavy atom. The van der Waals surface area contributed by atoms with Crippen LogP contribution in [0.5, 0.6) is 23.0 Å². The molecule has 5 rings (SSSR count). The van der Waals surface area contributed by atoms with Gasteiger partial charge in [-0.2, -0.15) is 0 Å². The number of rotatable bonds is 7. The first-order valence-corrected chi connectivity index (χ1v) is 12.1. The van der Waals surface area contributed by atoms with E-state index < -0.39 is 17.7 Å². The Bertz CT molecular complexity index is 1270. The van der Waals surface area contributed by atoms with Crippen molar-refractivity contribution in [3.05, 3.63) is 83.2 Å². The van der Waals surface area contributed by atoms with Crippen LogP contribution in [0.4, 0.5) is 8.78 Å². The van der Waals surface area contributed by atoms with Crippen LogP contribution in [0.25, 0.3) is 11.1 Å². The van der Waals surface area contributed by atoms with Crippen LogP contribution in [0.3, 0.4) is 0 Å². The van der Waals surface area contributed by atoms with E-state index in [2.05, 4.69) is 4.90 Å². The Kier molecular flexibility index (Phi) is 6.83. The molecule has 1 unspecified atom stereocenters. The maximum Gasteiger partial charge on any atom is 0.164 e. The molecule has 36 heavy (non-hydrogen) atoms. The Labute approximate surface area is 209 Å². The summed E-state index contributed by atoms with van der Waals surface area (Å²) < 4.78 is 38.9. The lowest BCUT2D eigenvalue weighted by molar-refractivity contribution is 0.228. The van der Waals surface area contributed by atoms with Crippen molar-refractivity contribution in [2.24, 2.45) is 5.92 Å². The van der Waals surface area contributed by atoms with Crippen molar-refractivity contribution in [3.63, 3.8) is 0 Å². The number of allylic oxidation sites excluding steroid dienone is 1. The van der Waals surface area contributed by atoms with Crippen molar-refractivity contribution in [1.82, 2.24) is 4.90 Å². The van der Waals surface area contributed by atoms with E-state index in [9.17, 15) is 19.0 Å². The third kappa shape index (κ3) is 4.88. The molecule has 1 saturated heterocycles. The number of benzene rings is 3. The number of alkyl halides is 1. The highest BCUT2D eigenvalue weighted by Crippen LogP contribution is 2.48. The Hall–Kier alpha value is -3.58. The van der Waals surface area contributed by atoms with Crippen LogP contribution < -0.4 is 9.47 Å². The van der Waals surface area contributed by atoms with Crippen molar-refractivity contribution in [2.75, 3.05) is 32.9 Å². The van der Waals surface area contributed by atoms with Crippen molar-refractivity contribution in [2.45, 2.75) is 19.4 Å². The van der Waals surface area contributed by atoms with Crippen LogP contribution in [0.2, 0.25) is 0 Å². The summed E-state index contributed by atoms with van der Waals surface area (Å²) in [6.45, 7) is 4.64. The Balaban J connectivity index is 1.38. The average molecular weight is 494 g/mol. The maximum atomic E-state index is 13.8. The second-order valence-electron chi connectivity index (χ2n) is 9.41. The lowest BCUT2D eigenvalue weighted by atomic mass is 9.86. The van der Waals surface area contributed by atoms with Gasteiger partial charge in [-0.15, -0.1) is 0 Å². The molecule has 0 radical (unpaired) electrons. The summed E-state index contributed by atoms with van der Waals surface area (Å²) >= 11 is 0. The summed E-state index contributed by atoms with van der Waals surface area (Å²) in [6.07, 6.45) is 0.356. The van der Waals surface area contributed by atoms with Gasteiger partial charge in [0.05, 0.1) is 6.67 Å². The standard InChI is InChI=1S/C29H29F2NO4/c1-18-24-8-5-22(33)15-27(24)36-29(28(18)21-4-9-25(31)26(34)14-21)20-2-6-23(7-3-20)35-13-12-32-11-10-19(16-30)17-32/h2-9,14-15,19,29,33-34H,10-13,16-17H2,1H3/t19-,29?/m0/s1. The molecular formula is C29H29F2NO4. The number of hydrogen-bond acceptors (Lipinski definition) is 5. The van der Waals surface area contributed by atoms with E-state index in [1.165, 1.54) is 12.1 Å². The van der Waals surface area contributed by atoms with Crippen molar-refractivity contribution >= 4 is 11.1 Å². The van der Waals surface area contributed by atoms with E-state index in [-0.39, 0.29) is 18.3 Å². The summed E-state index contributed by atoms with van der Waals surface area (Å²) in [4.78, 5) is 2.22. The maximum absolute atomic E-state index is 13.8. The minimum Gasteiger partial charge on any atom is -0.508 e. The van der Waals surface area contributed by atoms with Gasteiger partial charge in [0, 0.05) is 36.2 Å². The van der Waals surface area contributed by atoms with Crippen molar-refractivity contribution in [1.29, 1.82) is 0 Å². The first kappa shape index (κ1) is 24.1. The zero-order valence-corrected chi connectivity index (χ0v) is 20.1. The van der Waals surface area contributed by atoms with E-state index in [1.807, 2.05) is 31.2 Å².